The van der Waals surface area contributed by atoms with Gasteiger partial charge in [0.1, 0.15) is 0 Å². The van der Waals surface area contributed by atoms with Crippen LogP contribution in [0.15, 0.2) is 12.3 Å². The van der Waals surface area contributed by atoms with E-state index in [4.69, 9.17) is 5.73 Å². The van der Waals surface area contributed by atoms with E-state index in [9.17, 15) is 0 Å². The summed E-state index contributed by atoms with van der Waals surface area (Å²) < 4.78 is 1.87. The fraction of sp³-hybridized carbons (Fsp3) is 0.727. The summed E-state index contributed by atoms with van der Waals surface area (Å²) in [6.45, 7) is 0.809. The highest BCUT2D eigenvalue weighted by Crippen LogP contribution is 2.39. The summed E-state index contributed by atoms with van der Waals surface area (Å²) in [5.74, 6) is 0. The zero-order valence-electron chi connectivity index (χ0n) is 8.87. The number of nitrogens with two attached hydrogens (primary N) is 1. The second kappa shape index (κ2) is 3.73. The summed E-state index contributed by atoms with van der Waals surface area (Å²) in [6, 6.07) is 2.11. The van der Waals surface area contributed by atoms with Crippen molar-refractivity contribution in [3.63, 3.8) is 0 Å². The molecule has 3 heteroatoms. The minimum atomic E-state index is 0.356. The van der Waals surface area contributed by atoms with Crippen molar-refractivity contribution in [2.45, 2.75) is 32.1 Å². The summed E-state index contributed by atoms with van der Waals surface area (Å²) >= 11 is 0. The minimum Gasteiger partial charge on any atom is -0.330 e. The Kier molecular flexibility index (Phi) is 2.59. The standard InChI is InChI=1S/C11H19N3/c1-14-7-4-10(13-14)8-11(9-12)5-2-3-6-11/h4,7H,2-3,5-6,8-9,12H2,1H3. The van der Waals surface area contributed by atoms with Crippen molar-refractivity contribution >= 4 is 0 Å². The fourth-order valence-corrected chi connectivity index (χ4v) is 2.52. The number of rotatable bonds is 3. The predicted molar refractivity (Wildman–Crippen MR) is 56.9 cm³/mol. The fourth-order valence-electron chi connectivity index (χ4n) is 2.52. The lowest BCUT2D eigenvalue weighted by molar-refractivity contribution is 0.302. The van der Waals surface area contributed by atoms with Gasteiger partial charge in [-0.1, -0.05) is 12.8 Å². The lowest BCUT2D eigenvalue weighted by atomic mass is 9.82. The molecule has 2 rings (SSSR count). The van der Waals surface area contributed by atoms with Gasteiger partial charge >= 0.3 is 0 Å². The van der Waals surface area contributed by atoms with E-state index in [1.165, 1.54) is 31.4 Å². The molecule has 0 atom stereocenters. The van der Waals surface area contributed by atoms with Crippen molar-refractivity contribution in [1.82, 2.24) is 9.78 Å². The molecule has 2 N–H and O–H groups in total. The van der Waals surface area contributed by atoms with Gasteiger partial charge in [0.2, 0.25) is 0 Å². The van der Waals surface area contributed by atoms with Gasteiger partial charge in [0.05, 0.1) is 5.69 Å². The van der Waals surface area contributed by atoms with Gasteiger partial charge in [0, 0.05) is 13.2 Å². The van der Waals surface area contributed by atoms with Crippen LogP contribution in [0.3, 0.4) is 0 Å². The first-order valence-electron chi connectivity index (χ1n) is 5.43. The van der Waals surface area contributed by atoms with Crippen molar-refractivity contribution in [2.24, 2.45) is 18.2 Å². The van der Waals surface area contributed by atoms with Crippen molar-refractivity contribution in [3.05, 3.63) is 18.0 Å². The molecule has 3 nitrogen and oxygen atoms in total. The van der Waals surface area contributed by atoms with Crippen LogP contribution in [0.25, 0.3) is 0 Å². The van der Waals surface area contributed by atoms with Crippen molar-refractivity contribution in [2.75, 3.05) is 6.54 Å². The molecule has 0 saturated heterocycles. The maximum Gasteiger partial charge on any atom is 0.0630 e. The molecule has 1 fully saturated rings. The summed E-state index contributed by atoms with van der Waals surface area (Å²) in [6.07, 6.45) is 8.30. The molecule has 1 aromatic heterocycles. The predicted octanol–water partition coefficient (Wildman–Crippen LogP) is 1.48. The first kappa shape index (κ1) is 9.71. The van der Waals surface area contributed by atoms with E-state index in [1.807, 2.05) is 17.9 Å². The van der Waals surface area contributed by atoms with E-state index >= 15 is 0 Å². The zero-order chi connectivity index (χ0) is 10.0. The summed E-state index contributed by atoms with van der Waals surface area (Å²) in [5.41, 5.74) is 7.44. The lowest BCUT2D eigenvalue weighted by Crippen LogP contribution is -2.29. The van der Waals surface area contributed by atoms with Crippen LogP contribution in [0.1, 0.15) is 31.4 Å². The third-order valence-corrected chi connectivity index (χ3v) is 3.42. The minimum absolute atomic E-state index is 0.356. The highest BCUT2D eigenvalue weighted by Gasteiger charge is 2.33. The highest BCUT2D eigenvalue weighted by molar-refractivity contribution is 5.04. The zero-order valence-corrected chi connectivity index (χ0v) is 8.87. The van der Waals surface area contributed by atoms with Gasteiger partial charge in [-0.3, -0.25) is 4.68 Å². The largest absolute Gasteiger partial charge is 0.330 e. The second-order valence-electron chi connectivity index (χ2n) is 4.57. The topological polar surface area (TPSA) is 43.8 Å². The van der Waals surface area contributed by atoms with E-state index in [-0.39, 0.29) is 0 Å². The Hall–Kier alpha value is -0.830. The van der Waals surface area contributed by atoms with Crippen LogP contribution >= 0.6 is 0 Å². The quantitative estimate of drug-likeness (QED) is 0.790. The Morgan fingerprint density at radius 3 is 2.71 bits per heavy atom. The van der Waals surface area contributed by atoms with Crippen LogP contribution in [0.5, 0.6) is 0 Å². The third-order valence-electron chi connectivity index (χ3n) is 3.42. The van der Waals surface area contributed by atoms with Gasteiger partial charge in [-0.15, -0.1) is 0 Å². The molecule has 14 heavy (non-hydrogen) atoms. The number of nitrogens with zero attached hydrogens (tertiary/aromatic N) is 2. The SMILES string of the molecule is Cn1ccc(CC2(CN)CCCC2)n1. The van der Waals surface area contributed by atoms with Gasteiger partial charge in [-0.25, -0.2) is 0 Å². The van der Waals surface area contributed by atoms with Gasteiger partial charge in [0.25, 0.3) is 0 Å². The van der Waals surface area contributed by atoms with Crippen LogP contribution in [-0.2, 0) is 13.5 Å². The highest BCUT2D eigenvalue weighted by atomic mass is 15.2. The van der Waals surface area contributed by atoms with Gasteiger partial charge in [-0.05, 0) is 37.3 Å². The average Bonchev–Trinajstić information content (AvgIpc) is 2.77. The molecule has 0 spiro atoms. The van der Waals surface area contributed by atoms with Crippen LogP contribution in [-0.4, -0.2) is 16.3 Å². The molecule has 0 radical (unpaired) electrons. The van der Waals surface area contributed by atoms with Gasteiger partial charge in [0.15, 0.2) is 0 Å². The Labute approximate surface area is 85.3 Å². The molecule has 0 bridgehead atoms. The van der Waals surface area contributed by atoms with Gasteiger partial charge < -0.3 is 5.73 Å². The van der Waals surface area contributed by atoms with E-state index in [0.29, 0.717) is 5.41 Å². The number of aromatic nitrogens is 2. The van der Waals surface area contributed by atoms with Gasteiger partial charge in [-0.2, -0.15) is 5.10 Å². The van der Waals surface area contributed by atoms with Crippen LogP contribution in [0.4, 0.5) is 0 Å². The number of aryl methyl sites for hydroxylation is 1. The molecule has 1 aromatic rings. The molecular formula is C11H19N3. The first-order chi connectivity index (χ1) is 6.74. The van der Waals surface area contributed by atoms with Crippen molar-refractivity contribution < 1.29 is 0 Å². The summed E-state index contributed by atoms with van der Waals surface area (Å²) in [4.78, 5) is 0. The average molecular weight is 193 g/mol. The summed E-state index contributed by atoms with van der Waals surface area (Å²) in [5, 5.41) is 4.43. The first-order valence-corrected chi connectivity index (χ1v) is 5.43. The van der Waals surface area contributed by atoms with Crippen LogP contribution in [0, 0.1) is 5.41 Å². The van der Waals surface area contributed by atoms with E-state index in [1.54, 1.807) is 0 Å². The Morgan fingerprint density at radius 1 is 1.50 bits per heavy atom. The molecule has 0 aliphatic heterocycles. The van der Waals surface area contributed by atoms with E-state index < -0.39 is 0 Å². The number of hydrogen-bond donors (Lipinski definition) is 1. The van der Waals surface area contributed by atoms with Crippen molar-refractivity contribution in [1.29, 1.82) is 0 Å². The molecule has 1 saturated carbocycles. The number of hydrogen-bond acceptors (Lipinski definition) is 2. The Bertz CT molecular complexity index is 297. The molecule has 1 aliphatic carbocycles. The monoisotopic (exact) mass is 193 g/mol. The molecule has 0 unspecified atom stereocenters. The summed E-state index contributed by atoms with van der Waals surface area (Å²) in [7, 11) is 1.97. The molecule has 0 amide bonds. The molecular weight excluding hydrogens is 174 g/mol. The van der Waals surface area contributed by atoms with E-state index in [2.05, 4.69) is 11.2 Å². The Balaban J connectivity index is 2.08. The van der Waals surface area contributed by atoms with Crippen LogP contribution < -0.4 is 5.73 Å². The third kappa shape index (κ3) is 1.82. The smallest absolute Gasteiger partial charge is 0.0630 e. The molecule has 0 aromatic carbocycles. The maximum absolute atomic E-state index is 5.89. The lowest BCUT2D eigenvalue weighted by Gasteiger charge is -2.25. The molecule has 1 aliphatic rings. The van der Waals surface area contributed by atoms with E-state index in [0.717, 1.165) is 13.0 Å². The van der Waals surface area contributed by atoms with Crippen molar-refractivity contribution in [3.8, 4) is 0 Å². The molecule has 78 valence electrons. The molecule has 1 heterocycles. The normalized spacial score (nSPS) is 20.1. The Morgan fingerprint density at radius 2 is 2.21 bits per heavy atom. The second-order valence-corrected chi connectivity index (χ2v) is 4.57. The maximum atomic E-state index is 5.89. The van der Waals surface area contributed by atoms with Crippen LogP contribution in [0.2, 0.25) is 0 Å².